The lowest BCUT2D eigenvalue weighted by molar-refractivity contribution is 0.339. The SMILES string of the molecule is CC(C)(NCc1ccc(F)cc1Cl)C1CC1. The summed E-state index contributed by atoms with van der Waals surface area (Å²) in [6.45, 7) is 5.12. The summed E-state index contributed by atoms with van der Waals surface area (Å²) in [6.07, 6.45) is 2.61. The van der Waals surface area contributed by atoms with E-state index in [1.165, 1.54) is 25.0 Å². The van der Waals surface area contributed by atoms with E-state index in [1.807, 2.05) is 0 Å². The molecule has 1 fully saturated rings. The van der Waals surface area contributed by atoms with E-state index in [-0.39, 0.29) is 11.4 Å². The van der Waals surface area contributed by atoms with E-state index in [2.05, 4.69) is 19.2 Å². The summed E-state index contributed by atoms with van der Waals surface area (Å²) in [5, 5.41) is 3.99. The third-order valence-electron chi connectivity index (χ3n) is 3.35. The van der Waals surface area contributed by atoms with Crippen molar-refractivity contribution in [1.29, 1.82) is 0 Å². The Kier molecular flexibility index (Phi) is 3.22. The maximum atomic E-state index is 12.9. The lowest BCUT2D eigenvalue weighted by Crippen LogP contribution is -2.40. The number of hydrogen-bond acceptors (Lipinski definition) is 1. The molecule has 88 valence electrons. The van der Waals surface area contributed by atoms with Gasteiger partial charge in [-0.2, -0.15) is 0 Å². The molecule has 0 saturated heterocycles. The predicted octanol–water partition coefficient (Wildman–Crippen LogP) is 3.76. The molecule has 0 spiro atoms. The number of benzene rings is 1. The van der Waals surface area contributed by atoms with Crippen molar-refractivity contribution in [3.63, 3.8) is 0 Å². The highest BCUT2D eigenvalue weighted by Gasteiger charge is 2.37. The van der Waals surface area contributed by atoms with Gasteiger partial charge in [0, 0.05) is 17.1 Å². The molecule has 0 atom stereocenters. The van der Waals surface area contributed by atoms with E-state index >= 15 is 0 Å². The second kappa shape index (κ2) is 4.34. The van der Waals surface area contributed by atoms with Gasteiger partial charge in [0.05, 0.1) is 0 Å². The third kappa shape index (κ3) is 2.74. The third-order valence-corrected chi connectivity index (χ3v) is 3.70. The van der Waals surface area contributed by atoms with Crippen molar-refractivity contribution < 1.29 is 4.39 Å². The van der Waals surface area contributed by atoms with Gasteiger partial charge in [-0.15, -0.1) is 0 Å². The Hall–Kier alpha value is -0.600. The molecule has 1 aromatic rings. The molecule has 1 aromatic carbocycles. The van der Waals surface area contributed by atoms with Crippen LogP contribution in [0.15, 0.2) is 18.2 Å². The van der Waals surface area contributed by atoms with Crippen LogP contribution in [0.1, 0.15) is 32.3 Å². The van der Waals surface area contributed by atoms with Crippen LogP contribution in [0.3, 0.4) is 0 Å². The number of nitrogens with one attached hydrogen (secondary N) is 1. The van der Waals surface area contributed by atoms with Gasteiger partial charge in [-0.05, 0) is 50.3 Å². The van der Waals surface area contributed by atoms with E-state index in [0.717, 1.165) is 11.5 Å². The van der Waals surface area contributed by atoms with Gasteiger partial charge in [-0.1, -0.05) is 17.7 Å². The molecule has 1 saturated carbocycles. The van der Waals surface area contributed by atoms with E-state index in [9.17, 15) is 4.39 Å². The van der Waals surface area contributed by atoms with Gasteiger partial charge < -0.3 is 5.32 Å². The molecule has 0 amide bonds. The van der Waals surface area contributed by atoms with Crippen molar-refractivity contribution in [2.45, 2.75) is 38.8 Å². The monoisotopic (exact) mass is 241 g/mol. The fourth-order valence-electron chi connectivity index (χ4n) is 1.94. The first-order valence-electron chi connectivity index (χ1n) is 5.68. The van der Waals surface area contributed by atoms with E-state index < -0.39 is 0 Å². The van der Waals surface area contributed by atoms with Gasteiger partial charge in [0.1, 0.15) is 5.82 Å². The number of halogens is 2. The van der Waals surface area contributed by atoms with Crippen LogP contribution in [0.4, 0.5) is 4.39 Å². The average molecular weight is 242 g/mol. The Bertz CT molecular complexity index is 386. The standard InChI is InChI=1S/C13H17ClFN/c1-13(2,10-4-5-10)16-8-9-3-6-11(15)7-12(9)14/h3,6-7,10,16H,4-5,8H2,1-2H3. The Balaban J connectivity index is 1.98. The van der Waals surface area contributed by atoms with Crippen LogP contribution < -0.4 is 5.32 Å². The summed E-state index contributed by atoms with van der Waals surface area (Å²) in [6, 6.07) is 4.56. The molecule has 1 N–H and O–H groups in total. The maximum absolute atomic E-state index is 12.9. The first kappa shape index (κ1) is 11.9. The van der Waals surface area contributed by atoms with E-state index in [1.54, 1.807) is 6.07 Å². The van der Waals surface area contributed by atoms with Crippen LogP contribution in [0.2, 0.25) is 5.02 Å². The minimum atomic E-state index is -0.282. The highest BCUT2D eigenvalue weighted by molar-refractivity contribution is 6.31. The molecule has 0 aliphatic heterocycles. The molecule has 0 unspecified atom stereocenters. The molecule has 2 rings (SSSR count). The molecule has 0 radical (unpaired) electrons. The highest BCUT2D eigenvalue weighted by atomic mass is 35.5. The molecule has 1 aliphatic rings. The lowest BCUT2D eigenvalue weighted by Gasteiger charge is -2.26. The molecule has 1 aliphatic carbocycles. The second-order valence-corrected chi connectivity index (χ2v) is 5.49. The molecule has 0 aromatic heterocycles. The van der Waals surface area contributed by atoms with Gasteiger partial charge in [0.25, 0.3) is 0 Å². The Morgan fingerprint density at radius 2 is 2.12 bits per heavy atom. The summed E-state index contributed by atoms with van der Waals surface area (Å²) in [5.74, 6) is 0.488. The Labute approximate surface area is 101 Å². The molecular formula is C13H17ClFN. The molecule has 0 bridgehead atoms. The molecule has 3 heteroatoms. The fourth-order valence-corrected chi connectivity index (χ4v) is 2.17. The first-order valence-corrected chi connectivity index (χ1v) is 6.06. The van der Waals surface area contributed by atoms with Crippen molar-refractivity contribution in [2.75, 3.05) is 0 Å². The van der Waals surface area contributed by atoms with E-state index in [4.69, 9.17) is 11.6 Å². The molecule has 16 heavy (non-hydrogen) atoms. The zero-order valence-electron chi connectivity index (χ0n) is 9.69. The van der Waals surface area contributed by atoms with Crippen LogP contribution in [0, 0.1) is 11.7 Å². The van der Waals surface area contributed by atoms with Gasteiger partial charge >= 0.3 is 0 Å². The number of hydrogen-bond donors (Lipinski definition) is 1. The zero-order chi connectivity index (χ0) is 11.8. The van der Waals surface area contributed by atoms with Gasteiger partial charge in [-0.3, -0.25) is 0 Å². The van der Waals surface area contributed by atoms with Crippen molar-refractivity contribution in [3.8, 4) is 0 Å². The lowest BCUT2D eigenvalue weighted by atomic mass is 9.98. The van der Waals surface area contributed by atoms with Crippen molar-refractivity contribution >= 4 is 11.6 Å². The minimum Gasteiger partial charge on any atom is -0.307 e. The van der Waals surface area contributed by atoms with Crippen LogP contribution in [0.25, 0.3) is 0 Å². The summed E-state index contributed by atoms with van der Waals surface area (Å²) >= 11 is 5.97. The van der Waals surface area contributed by atoms with Gasteiger partial charge in [0.15, 0.2) is 0 Å². The zero-order valence-corrected chi connectivity index (χ0v) is 10.4. The molecular weight excluding hydrogens is 225 g/mol. The summed E-state index contributed by atoms with van der Waals surface area (Å²) in [7, 11) is 0. The smallest absolute Gasteiger partial charge is 0.124 e. The number of rotatable bonds is 4. The van der Waals surface area contributed by atoms with Gasteiger partial charge in [-0.25, -0.2) is 4.39 Å². The topological polar surface area (TPSA) is 12.0 Å². The normalized spacial score (nSPS) is 16.5. The predicted molar refractivity (Wildman–Crippen MR) is 65.1 cm³/mol. The maximum Gasteiger partial charge on any atom is 0.124 e. The minimum absolute atomic E-state index is 0.151. The first-order chi connectivity index (χ1) is 7.49. The van der Waals surface area contributed by atoms with Crippen molar-refractivity contribution in [2.24, 2.45) is 5.92 Å². The summed E-state index contributed by atoms with van der Waals surface area (Å²) in [5.41, 5.74) is 1.11. The van der Waals surface area contributed by atoms with Crippen molar-refractivity contribution in [1.82, 2.24) is 5.32 Å². The fraction of sp³-hybridized carbons (Fsp3) is 0.538. The average Bonchev–Trinajstić information content (AvgIpc) is 2.99. The Morgan fingerprint density at radius 3 is 2.69 bits per heavy atom. The summed E-state index contributed by atoms with van der Waals surface area (Å²) in [4.78, 5) is 0. The molecule has 1 nitrogen and oxygen atoms in total. The highest BCUT2D eigenvalue weighted by Crippen LogP contribution is 2.39. The van der Waals surface area contributed by atoms with Crippen LogP contribution in [0.5, 0.6) is 0 Å². The largest absolute Gasteiger partial charge is 0.307 e. The van der Waals surface area contributed by atoms with Crippen LogP contribution in [-0.2, 0) is 6.54 Å². The van der Waals surface area contributed by atoms with Crippen LogP contribution >= 0.6 is 11.6 Å². The molecule has 0 heterocycles. The second-order valence-electron chi connectivity index (χ2n) is 5.09. The Morgan fingerprint density at radius 1 is 1.44 bits per heavy atom. The van der Waals surface area contributed by atoms with Crippen molar-refractivity contribution in [3.05, 3.63) is 34.6 Å². The quantitative estimate of drug-likeness (QED) is 0.847. The van der Waals surface area contributed by atoms with E-state index in [0.29, 0.717) is 11.6 Å². The van der Waals surface area contributed by atoms with Gasteiger partial charge in [0.2, 0.25) is 0 Å². The summed E-state index contributed by atoms with van der Waals surface area (Å²) < 4.78 is 12.9. The van der Waals surface area contributed by atoms with Crippen LogP contribution in [-0.4, -0.2) is 5.54 Å².